The summed E-state index contributed by atoms with van der Waals surface area (Å²) < 4.78 is 11.6. The molecule has 0 amide bonds. The van der Waals surface area contributed by atoms with Crippen molar-refractivity contribution in [1.82, 2.24) is 25.1 Å². The summed E-state index contributed by atoms with van der Waals surface area (Å²) in [5, 5.41) is 18.6. The molecule has 2 unspecified atom stereocenters. The quantitative estimate of drug-likeness (QED) is 0.165. The van der Waals surface area contributed by atoms with Gasteiger partial charge in [0.1, 0.15) is 5.58 Å². The van der Waals surface area contributed by atoms with E-state index in [2.05, 4.69) is 207 Å². The van der Waals surface area contributed by atoms with Crippen molar-refractivity contribution in [2.45, 2.75) is 18.5 Å². The van der Waals surface area contributed by atoms with E-state index >= 15 is 0 Å². The molecule has 3 aromatic heterocycles. The first-order chi connectivity index (χ1) is 28.3. The molecule has 57 heavy (non-hydrogen) atoms. The first kappa shape index (κ1) is 32.3. The maximum absolute atomic E-state index is 6.73. The summed E-state index contributed by atoms with van der Waals surface area (Å²) in [6, 6.07) is 67.2. The van der Waals surface area contributed by atoms with Gasteiger partial charge in [-0.3, -0.25) is 16.0 Å². The number of nitrogens with one attached hydrogen (secondary N) is 3. The van der Waals surface area contributed by atoms with Gasteiger partial charge in [0, 0.05) is 43.7 Å². The minimum atomic E-state index is -0.117. The number of rotatable bonds is 5. The average molecular weight is 736 g/mol. The van der Waals surface area contributed by atoms with Crippen LogP contribution >= 0.6 is 0 Å². The van der Waals surface area contributed by atoms with E-state index in [1.54, 1.807) is 0 Å². The number of para-hydroxylation sites is 3. The van der Waals surface area contributed by atoms with Crippen LogP contribution < -0.4 is 16.0 Å². The van der Waals surface area contributed by atoms with Gasteiger partial charge >= 0.3 is 0 Å². The topological polar surface area (TPSA) is 59.1 Å². The summed E-state index contributed by atoms with van der Waals surface area (Å²) in [5.74, 6) is 0. The number of fused-ring (bicyclic) bond motifs is 11. The van der Waals surface area contributed by atoms with Gasteiger partial charge in [0.05, 0.1) is 40.6 Å². The second kappa shape index (κ2) is 12.8. The van der Waals surface area contributed by atoms with Gasteiger partial charge in [-0.05, 0) is 65.2 Å². The maximum atomic E-state index is 6.73. The van der Waals surface area contributed by atoms with Crippen LogP contribution in [0.5, 0.6) is 0 Å². The Morgan fingerprint density at radius 1 is 0.368 bits per heavy atom. The number of hydrogen-bond acceptors (Lipinski definition) is 4. The van der Waals surface area contributed by atoms with Gasteiger partial charge in [0.15, 0.2) is 5.58 Å². The lowest BCUT2D eigenvalue weighted by atomic mass is 10.0. The van der Waals surface area contributed by atoms with Crippen molar-refractivity contribution in [3.63, 3.8) is 0 Å². The summed E-state index contributed by atoms with van der Waals surface area (Å²) in [7, 11) is 0. The summed E-state index contributed by atoms with van der Waals surface area (Å²) >= 11 is 0. The molecule has 1 aliphatic rings. The number of nitrogens with zero attached hydrogens (tertiary/aromatic N) is 2. The van der Waals surface area contributed by atoms with Gasteiger partial charge in [-0.25, -0.2) is 0 Å². The molecule has 0 saturated carbocycles. The fourth-order valence-electron chi connectivity index (χ4n) is 9.29. The first-order valence-electron chi connectivity index (χ1n) is 19.6. The number of furan rings is 1. The van der Waals surface area contributed by atoms with E-state index in [0.29, 0.717) is 0 Å². The molecule has 12 rings (SSSR count). The van der Waals surface area contributed by atoms with E-state index < -0.39 is 0 Å². The molecule has 11 aromatic rings. The van der Waals surface area contributed by atoms with Crippen LogP contribution in [0.3, 0.4) is 0 Å². The van der Waals surface area contributed by atoms with Crippen molar-refractivity contribution in [1.29, 1.82) is 0 Å². The van der Waals surface area contributed by atoms with Crippen LogP contribution in [0.2, 0.25) is 0 Å². The van der Waals surface area contributed by atoms with Crippen molar-refractivity contribution in [2.75, 3.05) is 0 Å². The van der Waals surface area contributed by atoms with Crippen LogP contribution in [0.25, 0.3) is 76.9 Å². The standard InChI is InChI=1S/C51H37N5O/c1-4-15-32(16-5-1)49-52-50(33-17-6-2-7-18-33)54-51(53-49)34-19-14-22-36(31-34)55-42-25-12-10-24-41(42)45-43(55)30-29-38-39-27-28-40-37-23-11-13-26-44(37)57-48(40)47(39)56(46(38)45)35-20-8-3-9-21-35/h1-31,49-54H. The Morgan fingerprint density at radius 3 is 1.65 bits per heavy atom. The fraction of sp³-hybridized carbons (Fsp3) is 0.0588. The highest BCUT2D eigenvalue weighted by molar-refractivity contribution is 6.29. The molecule has 1 saturated heterocycles. The third kappa shape index (κ3) is 5.02. The number of hydrogen-bond donors (Lipinski definition) is 3. The van der Waals surface area contributed by atoms with Crippen LogP contribution in [0.1, 0.15) is 35.2 Å². The third-order valence-electron chi connectivity index (χ3n) is 11.8. The molecule has 0 spiro atoms. The third-order valence-corrected chi connectivity index (χ3v) is 11.8. The van der Waals surface area contributed by atoms with Crippen LogP contribution in [0.4, 0.5) is 0 Å². The predicted molar refractivity (Wildman–Crippen MR) is 233 cm³/mol. The molecule has 8 aromatic carbocycles. The molecule has 2 atom stereocenters. The molecule has 1 fully saturated rings. The SMILES string of the molecule is c1ccc(C2NC(c3ccccc3)NC(c3cccc(-n4c5ccccc5c5c4ccc4c6ccc7c8ccccc8oc7c6n(-c6ccccc6)c45)c3)N2)cc1. The minimum absolute atomic E-state index is 0.0500. The summed E-state index contributed by atoms with van der Waals surface area (Å²) in [5.41, 5.74) is 12.1. The van der Waals surface area contributed by atoms with Crippen LogP contribution in [0, 0.1) is 0 Å². The average Bonchev–Trinajstić information content (AvgIpc) is 3.95. The predicted octanol–water partition coefficient (Wildman–Crippen LogP) is 12.0. The number of benzene rings is 8. The summed E-state index contributed by atoms with van der Waals surface area (Å²) in [6.45, 7) is 0. The van der Waals surface area contributed by atoms with Crippen LogP contribution in [-0.2, 0) is 0 Å². The molecule has 0 radical (unpaired) electrons. The molecule has 0 bridgehead atoms. The van der Waals surface area contributed by atoms with Gasteiger partial charge < -0.3 is 13.6 Å². The lowest BCUT2D eigenvalue weighted by molar-refractivity contribution is 0.203. The van der Waals surface area contributed by atoms with Crippen molar-refractivity contribution in [3.05, 3.63) is 205 Å². The van der Waals surface area contributed by atoms with E-state index in [0.717, 1.165) is 55.4 Å². The molecule has 272 valence electrons. The molecular weight excluding hydrogens is 699 g/mol. The molecule has 6 nitrogen and oxygen atoms in total. The Morgan fingerprint density at radius 2 is 0.912 bits per heavy atom. The van der Waals surface area contributed by atoms with E-state index in [-0.39, 0.29) is 18.5 Å². The molecular formula is C51H37N5O. The summed E-state index contributed by atoms with van der Waals surface area (Å²) in [4.78, 5) is 0. The van der Waals surface area contributed by atoms with Crippen LogP contribution in [0.15, 0.2) is 192 Å². The van der Waals surface area contributed by atoms with E-state index in [1.807, 2.05) is 6.07 Å². The van der Waals surface area contributed by atoms with Crippen LogP contribution in [-0.4, -0.2) is 9.13 Å². The lowest BCUT2D eigenvalue weighted by Gasteiger charge is -2.39. The normalized spacial score (nSPS) is 17.4. The highest BCUT2D eigenvalue weighted by Gasteiger charge is 2.30. The summed E-state index contributed by atoms with van der Waals surface area (Å²) in [6.07, 6.45) is -0.217. The monoisotopic (exact) mass is 735 g/mol. The smallest absolute Gasteiger partial charge is 0.160 e. The van der Waals surface area contributed by atoms with E-state index in [4.69, 9.17) is 4.42 Å². The van der Waals surface area contributed by atoms with E-state index in [1.165, 1.54) is 38.2 Å². The molecule has 1 aliphatic heterocycles. The highest BCUT2D eigenvalue weighted by atomic mass is 16.3. The maximum Gasteiger partial charge on any atom is 0.160 e. The van der Waals surface area contributed by atoms with Gasteiger partial charge in [-0.15, -0.1) is 0 Å². The first-order valence-corrected chi connectivity index (χ1v) is 19.6. The zero-order valence-corrected chi connectivity index (χ0v) is 30.9. The Labute approximate surface area is 328 Å². The molecule has 3 N–H and O–H groups in total. The minimum Gasteiger partial charge on any atom is -0.454 e. The Bertz CT molecular complexity index is 3240. The second-order valence-electron chi connectivity index (χ2n) is 15.0. The molecule has 6 heteroatoms. The highest BCUT2D eigenvalue weighted by Crippen LogP contribution is 2.45. The zero-order chi connectivity index (χ0) is 37.5. The fourth-order valence-corrected chi connectivity index (χ4v) is 9.29. The van der Waals surface area contributed by atoms with Gasteiger partial charge in [-0.2, -0.15) is 0 Å². The van der Waals surface area contributed by atoms with E-state index in [9.17, 15) is 0 Å². The second-order valence-corrected chi connectivity index (χ2v) is 15.0. The Hall–Kier alpha value is -6.96. The van der Waals surface area contributed by atoms with Gasteiger partial charge in [0.25, 0.3) is 0 Å². The number of aromatic nitrogens is 2. The van der Waals surface area contributed by atoms with Gasteiger partial charge in [0.2, 0.25) is 0 Å². The van der Waals surface area contributed by atoms with Crippen molar-refractivity contribution in [2.24, 2.45) is 0 Å². The van der Waals surface area contributed by atoms with Crippen molar-refractivity contribution >= 4 is 65.6 Å². The Balaban J connectivity index is 1.08. The van der Waals surface area contributed by atoms with Crippen molar-refractivity contribution in [3.8, 4) is 11.4 Å². The Kier molecular flexibility index (Phi) is 7.25. The lowest BCUT2D eigenvalue weighted by Crippen LogP contribution is -2.54. The molecule has 0 aliphatic carbocycles. The van der Waals surface area contributed by atoms with Crippen molar-refractivity contribution < 1.29 is 4.42 Å². The zero-order valence-electron chi connectivity index (χ0n) is 30.9. The molecule has 4 heterocycles. The van der Waals surface area contributed by atoms with Gasteiger partial charge in [-0.1, -0.05) is 140 Å². The largest absolute Gasteiger partial charge is 0.454 e.